The molecule has 0 spiro atoms. The number of hydrogen-bond acceptors (Lipinski definition) is 4. The molecule has 0 aliphatic carbocycles. The van der Waals surface area contributed by atoms with Gasteiger partial charge in [0.2, 0.25) is 0 Å². The lowest BCUT2D eigenvalue weighted by Crippen LogP contribution is -2.16. The predicted octanol–water partition coefficient (Wildman–Crippen LogP) is 2.24. The summed E-state index contributed by atoms with van der Waals surface area (Å²) in [4.78, 5) is 15.3. The van der Waals surface area contributed by atoms with Crippen molar-refractivity contribution in [3.05, 3.63) is 30.1 Å². The van der Waals surface area contributed by atoms with Crippen LogP contribution in [0.1, 0.15) is 44.3 Å². The summed E-state index contributed by atoms with van der Waals surface area (Å²) < 4.78 is 5.00. The van der Waals surface area contributed by atoms with E-state index in [1.165, 1.54) is 12.4 Å². The molecule has 0 radical (unpaired) electrons. The lowest BCUT2D eigenvalue weighted by atomic mass is 10.1. The van der Waals surface area contributed by atoms with Gasteiger partial charge in [-0.3, -0.25) is 4.98 Å². The summed E-state index contributed by atoms with van der Waals surface area (Å²) in [5.74, 6) is -0.590. The molecule has 4 nitrogen and oxygen atoms in total. The molecular formula is C13H19NO3. The van der Waals surface area contributed by atoms with Crippen LogP contribution in [-0.2, 0) is 9.53 Å². The smallest absolute Gasteiger partial charge is 0.339 e. The maximum absolute atomic E-state index is 11.5. The van der Waals surface area contributed by atoms with Gasteiger partial charge < -0.3 is 9.84 Å². The van der Waals surface area contributed by atoms with E-state index in [1.54, 1.807) is 12.1 Å². The SMILES string of the molecule is CCCCCCOC(=O)C(O)c1ccncc1. The van der Waals surface area contributed by atoms with E-state index >= 15 is 0 Å². The Morgan fingerprint density at radius 1 is 1.35 bits per heavy atom. The summed E-state index contributed by atoms with van der Waals surface area (Å²) in [7, 11) is 0. The number of aliphatic hydroxyl groups is 1. The second-order valence-electron chi connectivity index (χ2n) is 3.91. The van der Waals surface area contributed by atoms with Gasteiger partial charge in [0.15, 0.2) is 6.10 Å². The molecule has 1 rings (SSSR count). The first-order valence-corrected chi connectivity index (χ1v) is 6.00. The highest BCUT2D eigenvalue weighted by atomic mass is 16.5. The van der Waals surface area contributed by atoms with Gasteiger partial charge in [-0.05, 0) is 24.1 Å². The van der Waals surface area contributed by atoms with E-state index in [2.05, 4.69) is 11.9 Å². The Bertz CT molecular complexity index is 327. The number of unbranched alkanes of at least 4 members (excludes halogenated alkanes) is 3. The molecule has 0 aliphatic rings. The molecule has 0 aliphatic heterocycles. The van der Waals surface area contributed by atoms with Gasteiger partial charge in [-0.25, -0.2) is 4.79 Å². The van der Waals surface area contributed by atoms with E-state index in [9.17, 15) is 9.90 Å². The molecule has 0 amide bonds. The molecule has 4 heteroatoms. The molecule has 1 heterocycles. The Morgan fingerprint density at radius 3 is 2.71 bits per heavy atom. The Morgan fingerprint density at radius 2 is 2.06 bits per heavy atom. The fourth-order valence-electron chi connectivity index (χ4n) is 1.46. The largest absolute Gasteiger partial charge is 0.464 e. The van der Waals surface area contributed by atoms with Gasteiger partial charge in [0.05, 0.1) is 6.61 Å². The van der Waals surface area contributed by atoms with Crippen LogP contribution < -0.4 is 0 Å². The zero-order valence-corrected chi connectivity index (χ0v) is 10.1. The van der Waals surface area contributed by atoms with Gasteiger partial charge in [0.25, 0.3) is 0 Å². The van der Waals surface area contributed by atoms with Gasteiger partial charge in [0.1, 0.15) is 0 Å². The van der Waals surface area contributed by atoms with Crippen molar-refractivity contribution in [3.63, 3.8) is 0 Å². The molecular weight excluding hydrogens is 218 g/mol. The number of pyridine rings is 1. The van der Waals surface area contributed by atoms with E-state index in [-0.39, 0.29) is 0 Å². The Hall–Kier alpha value is -1.42. The number of aliphatic hydroxyl groups excluding tert-OH is 1. The molecule has 0 saturated heterocycles. The van der Waals surface area contributed by atoms with Crippen LogP contribution in [0.5, 0.6) is 0 Å². The third-order valence-corrected chi connectivity index (χ3v) is 2.49. The Labute approximate surface area is 102 Å². The fourth-order valence-corrected chi connectivity index (χ4v) is 1.46. The van der Waals surface area contributed by atoms with Gasteiger partial charge in [0, 0.05) is 12.4 Å². The third kappa shape index (κ3) is 4.95. The number of ether oxygens (including phenoxy) is 1. The average Bonchev–Trinajstić information content (AvgIpc) is 2.38. The summed E-state index contributed by atoms with van der Waals surface area (Å²) >= 11 is 0. The van der Waals surface area contributed by atoms with Crippen LogP contribution in [0.3, 0.4) is 0 Å². The second-order valence-corrected chi connectivity index (χ2v) is 3.91. The van der Waals surface area contributed by atoms with Crippen molar-refractivity contribution in [2.75, 3.05) is 6.61 Å². The van der Waals surface area contributed by atoms with Crippen molar-refractivity contribution < 1.29 is 14.6 Å². The van der Waals surface area contributed by atoms with E-state index in [0.717, 1.165) is 25.7 Å². The third-order valence-electron chi connectivity index (χ3n) is 2.49. The normalized spacial score (nSPS) is 12.1. The number of carbonyl (C=O) groups excluding carboxylic acids is 1. The van der Waals surface area contributed by atoms with Crippen LogP contribution in [0, 0.1) is 0 Å². The Kier molecular flexibility index (Phi) is 6.25. The lowest BCUT2D eigenvalue weighted by Gasteiger charge is -2.10. The van der Waals surface area contributed by atoms with Crippen molar-refractivity contribution in [1.29, 1.82) is 0 Å². The zero-order valence-electron chi connectivity index (χ0n) is 10.1. The van der Waals surface area contributed by atoms with E-state index in [0.29, 0.717) is 12.2 Å². The van der Waals surface area contributed by atoms with Gasteiger partial charge in [-0.1, -0.05) is 26.2 Å². The van der Waals surface area contributed by atoms with Gasteiger partial charge >= 0.3 is 5.97 Å². The van der Waals surface area contributed by atoms with Crippen LogP contribution in [0.25, 0.3) is 0 Å². The van der Waals surface area contributed by atoms with Crippen molar-refractivity contribution in [3.8, 4) is 0 Å². The molecule has 1 N–H and O–H groups in total. The summed E-state index contributed by atoms with van der Waals surface area (Å²) in [5.41, 5.74) is 0.513. The number of aromatic nitrogens is 1. The first kappa shape index (κ1) is 13.6. The molecule has 1 aromatic heterocycles. The van der Waals surface area contributed by atoms with Crippen molar-refractivity contribution >= 4 is 5.97 Å². The summed E-state index contributed by atoms with van der Waals surface area (Å²) in [6, 6.07) is 3.20. The summed E-state index contributed by atoms with van der Waals surface area (Å²) in [6.07, 6.45) is 6.06. The van der Waals surface area contributed by atoms with Crippen LogP contribution in [0.2, 0.25) is 0 Å². The maximum Gasteiger partial charge on any atom is 0.339 e. The van der Waals surface area contributed by atoms with Crippen LogP contribution in [0.4, 0.5) is 0 Å². The first-order valence-electron chi connectivity index (χ1n) is 6.00. The fraction of sp³-hybridized carbons (Fsp3) is 0.538. The highest BCUT2D eigenvalue weighted by Crippen LogP contribution is 2.13. The number of rotatable bonds is 7. The van der Waals surface area contributed by atoms with Crippen molar-refractivity contribution in [2.45, 2.75) is 38.7 Å². The molecule has 1 atom stereocenters. The molecule has 0 saturated carbocycles. The zero-order chi connectivity index (χ0) is 12.5. The minimum atomic E-state index is -1.20. The van der Waals surface area contributed by atoms with Crippen LogP contribution >= 0.6 is 0 Å². The molecule has 94 valence electrons. The summed E-state index contributed by atoms with van der Waals surface area (Å²) in [5, 5.41) is 9.69. The van der Waals surface area contributed by atoms with Crippen molar-refractivity contribution in [1.82, 2.24) is 4.98 Å². The lowest BCUT2D eigenvalue weighted by molar-refractivity contribution is -0.154. The molecule has 0 bridgehead atoms. The standard InChI is InChI=1S/C13H19NO3/c1-2-3-4-5-10-17-13(16)12(15)11-6-8-14-9-7-11/h6-9,12,15H,2-5,10H2,1H3. The number of nitrogens with zero attached hydrogens (tertiary/aromatic N) is 1. The molecule has 17 heavy (non-hydrogen) atoms. The molecule has 1 aromatic rings. The molecule has 0 fully saturated rings. The monoisotopic (exact) mass is 237 g/mol. The first-order chi connectivity index (χ1) is 8.25. The van der Waals surface area contributed by atoms with Crippen LogP contribution in [0.15, 0.2) is 24.5 Å². The minimum absolute atomic E-state index is 0.376. The number of carbonyl (C=O) groups is 1. The van der Waals surface area contributed by atoms with Crippen molar-refractivity contribution in [2.24, 2.45) is 0 Å². The quantitative estimate of drug-likeness (QED) is 0.583. The van der Waals surface area contributed by atoms with E-state index in [1.807, 2.05) is 0 Å². The van der Waals surface area contributed by atoms with Crippen LogP contribution in [-0.4, -0.2) is 22.7 Å². The average molecular weight is 237 g/mol. The molecule has 1 unspecified atom stereocenters. The second kappa shape index (κ2) is 7.79. The predicted molar refractivity (Wildman–Crippen MR) is 64.3 cm³/mol. The highest BCUT2D eigenvalue weighted by Gasteiger charge is 2.18. The van der Waals surface area contributed by atoms with E-state index < -0.39 is 12.1 Å². The maximum atomic E-state index is 11.5. The minimum Gasteiger partial charge on any atom is -0.464 e. The summed E-state index contributed by atoms with van der Waals surface area (Å²) in [6.45, 7) is 2.50. The van der Waals surface area contributed by atoms with E-state index in [4.69, 9.17) is 4.74 Å². The van der Waals surface area contributed by atoms with Gasteiger partial charge in [-0.2, -0.15) is 0 Å². The number of esters is 1. The Balaban J connectivity index is 2.28. The topological polar surface area (TPSA) is 59.4 Å². The number of hydrogen-bond donors (Lipinski definition) is 1. The van der Waals surface area contributed by atoms with Gasteiger partial charge in [-0.15, -0.1) is 0 Å². The molecule has 0 aromatic carbocycles. The highest BCUT2D eigenvalue weighted by molar-refractivity contribution is 5.76.